The summed E-state index contributed by atoms with van der Waals surface area (Å²) in [6, 6.07) is 3.78. The van der Waals surface area contributed by atoms with Gasteiger partial charge in [0.15, 0.2) is 5.60 Å². The number of nitrogens with one attached hydrogen (secondary N) is 2. The summed E-state index contributed by atoms with van der Waals surface area (Å²) < 4.78 is 10.3. The molecule has 8 heteroatoms. The van der Waals surface area contributed by atoms with Crippen molar-refractivity contribution in [1.82, 2.24) is 15.5 Å². The number of amides is 4. The number of carbonyl (C=O) groups excluding carboxylic acids is 2. The molecule has 1 fully saturated rings. The van der Waals surface area contributed by atoms with E-state index < -0.39 is 17.7 Å². The molecule has 3 heterocycles. The summed E-state index contributed by atoms with van der Waals surface area (Å²) in [4.78, 5) is 24.5. The molecule has 0 spiro atoms. The molecule has 2 aromatic rings. The van der Waals surface area contributed by atoms with Crippen LogP contribution in [-0.2, 0) is 5.60 Å². The van der Waals surface area contributed by atoms with E-state index in [4.69, 9.17) is 8.83 Å². The third kappa shape index (κ3) is 2.44. The molecule has 116 valence electrons. The van der Waals surface area contributed by atoms with E-state index in [2.05, 4.69) is 10.6 Å². The van der Waals surface area contributed by atoms with Crippen molar-refractivity contribution in [2.45, 2.75) is 5.60 Å². The zero-order valence-corrected chi connectivity index (χ0v) is 11.6. The summed E-state index contributed by atoms with van der Waals surface area (Å²) in [7, 11) is 0. The van der Waals surface area contributed by atoms with Gasteiger partial charge in [0.05, 0.1) is 25.3 Å². The topological polar surface area (TPSA) is 108 Å². The van der Waals surface area contributed by atoms with Gasteiger partial charge in [-0.2, -0.15) is 0 Å². The Labute approximate surface area is 125 Å². The van der Waals surface area contributed by atoms with Gasteiger partial charge in [-0.3, -0.25) is 0 Å². The highest BCUT2D eigenvalue weighted by Crippen LogP contribution is 2.29. The zero-order chi connectivity index (χ0) is 15.6. The fourth-order valence-electron chi connectivity index (χ4n) is 2.31. The number of imide groups is 1. The number of rotatable bonds is 4. The molecule has 1 saturated heterocycles. The Bertz CT molecular complexity index is 616. The molecule has 1 aliphatic rings. The van der Waals surface area contributed by atoms with Crippen molar-refractivity contribution in [3.05, 3.63) is 48.3 Å². The lowest BCUT2D eigenvalue weighted by atomic mass is 9.93. The van der Waals surface area contributed by atoms with Crippen LogP contribution in [0, 0.1) is 0 Å². The summed E-state index contributed by atoms with van der Waals surface area (Å²) in [6.45, 7) is 0.536. The van der Waals surface area contributed by atoms with Crippen LogP contribution in [0.2, 0.25) is 0 Å². The van der Waals surface area contributed by atoms with Gasteiger partial charge < -0.3 is 24.6 Å². The number of furan rings is 2. The van der Waals surface area contributed by atoms with Crippen LogP contribution < -0.4 is 10.6 Å². The predicted octanol–water partition coefficient (Wildman–Crippen LogP) is 0.843. The van der Waals surface area contributed by atoms with Crippen molar-refractivity contribution >= 4 is 12.1 Å². The molecule has 1 aliphatic heterocycles. The lowest BCUT2D eigenvalue weighted by molar-refractivity contribution is 0.0571. The van der Waals surface area contributed by atoms with Crippen LogP contribution in [0.25, 0.3) is 0 Å². The fraction of sp³-hybridized carbons (Fsp3) is 0.286. The van der Waals surface area contributed by atoms with E-state index in [0.29, 0.717) is 12.1 Å². The molecule has 0 aromatic carbocycles. The van der Waals surface area contributed by atoms with Gasteiger partial charge in [-0.05, 0) is 18.2 Å². The van der Waals surface area contributed by atoms with Crippen LogP contribution in [-0.4, -0.2) is 41.7 Å². The summed E-state index contributed by atoms with van der Waals surface area (Å²) in [6.07, 6.45) is 4.21. The molecule has 0 radical (unpaired) electrons. The number of hydrogen-bond acceptors (Lipinski definition) is 5. The summed E-state index contributed by atoms with van der Waals surface area (Å²) in [5, 5.41) is 16.0. The highest BCUT2D eigenvalue weighted by Gasteiger charge is 2.37. The smallest absolute Gasteiger partial charge is 0.325 e. The Balaban J connectivity index is 1.77. The third-order valence-electron chi connectivity index (χ3n) is 3.52. The minimum Gasteiger partial charge on any atom is -0.472 e. The molecule has 1 atom stereocenters. The molecular formula is C14H15N3O5. The number of hydrogen-bond donors (Lipinski definition) is 3. The van der Waals surface area contributed by atoms with Gasteiger partial charge in [-0.1, -0.05) is 0 Å². The van der Waals surface area contributed by atoms with Crippen LogP contribution in [0.15, 0.2) is 45.8 Å². The van der Waals surface area contributed by atoms with Crippen molar-refractivity contribution in [2.75, 3.05) is 19.6 Å². The van der Waals surface area contributed by atoms with Crippen molar-refractivity contribution in [3.63, 3.8) is 0 Å². The van der Waals surface area contributed by atoms with Crippen molar-refractivity contribution in [3.8, 4) is 0 Å². The summed E-state index contributed by atoms with van der Waals surface area (Å²) >= 11 is 0. The maximum atomic E-state index is 12.0. The number of aliphatic hydroxyl groups is 1. The molecule has 8 nitrogen and oxygen atoms in total. The fourth-order valence-corrected chi connectivity index (χ4v) is 2.31. The zero-order valence-electron chi connectivity index (χ0n) is 11.6. The van der Waals surface area contributed by atoms with Crippen LogP contribution >= 0.6 is 0 Å². The van der Waals surface area contributed by atoms with Gasteiger partial charge in [0, 0.05) is 18.7 Å². The standard InChI is InChI=1S/C14H15N3O5/c18-12-15-4-5-17(12)13(19)16-9-14(20,10-3-7-21-8-10)11-2-1-6-22-11/h1-3,6-8,20H,4-5,9H2,(H,15,18)(H,16,19)/t14-/m0/s1. The van der Waals surface area contributed by atoms with E-state index in [1.54, 1.807) is 18.2 Å². The first-order valence-corrected chi connectivity index (χ1v) is 6.73. The average molecular weight is 305 g/mol. The molecule has 3 rings (SSSR count). The second-order valence-electron chi connectivity index (χ2n) is 4.89. The van der Waals surface area contributed by atoms with E-state index in [-0.39, 0.29) is 18.8 Å². The average Bonchev–Trinajstić information content (AvgIpc) is 3.24. The SMILES string of the molecule is O=C1NCCN1C(=O)NC[C@](O)(c1ccoc1)c1ccco1. The normalized spacial score (nSPS) is 17.1. The highest BCUT2D eigenvalue weighted by atomic mass is 16.4. The third-order valence-corrected chi connectivity index (χ3v) is 3.52. The monoisotopic (exact) mass is 305 g/mol. The van der Waals surface area contributed by atoms with E-state index in [0.717, 1.165) is 4.90 Å². The first-order chi connectivity index (χ1) is 10.6. The van der Waals surface area contributed by atoms with Crippen LogP contribution in [0.5, 0.6) is 0 Å². The maximum absolute atomic E-state index is 12.0. The first-order valence-electron chi connectivity index (χ1n) is 6.73. The van der Waals surface area contributed by atoms with E-state index in [1.807, 2.05) is 0 Å². The van der Waals surface area contributed by atoms with E-state index in [9.17, 15) is 14.7 Å². The van der Waals surface area contributed by atoms with Crippen LogP contribution in [0.1, 0.15) is 11.3 Å². The number of nitrogens with zero attached hydrogens (tertiary/aromatic N) is 1. The molecule has 0 bridgehead atoms. The Hall–Kier alpha value is -2.74. The Morgan fingerprint density at radius 3 is 2.91 bits per heavy atom. The number of urea groups is 2. The first kappa shape index (κ1) is 14.2. The summed E-state index contributed by atoms with van der Waals surface area (Å²) in [5.41, 5.74) is -1.14. The van der Waals surface area contributed by atoms with E-state index >= 15 is 0 Å². The molecule has 4 amide bonds. The molecule has 0 aliphatic carbocycles. The largest absolute Gasteiger partial charge is 0.472 e. The molecule has 3 N–H and O–H groups in total. The Kier molecular flexibility index (Phi) is 3.60. The van der Waals surface area contributed by atoms with Gasteiger partial charge in [-0.25, -0.2) is 14.5 Å². The van der Waals surface area contributed by atoms with E-state index in [1.165, 1.54) is 18.8 Å². The van der Waals surface area contributed by atoms with Gasteiger partial charge in [0.1, 0.15) is 5.76 Å². The Morgan fingerprint density at radius 2 is 2.32 bits per heavy atom. The Morgan fingerprint density at radius 1 is 1.45 bits per heavy atom. The molecular weight excluding hydrogens is 290 g/mol. The maximum Gasteiger partial charge on any atom is 0.325 e. The molecule has 22 heavy (non-hydrogen) atoms. The van der Waals surface area contributed by atoms with Gasteiger partial charge in [-0.15, -0.1) is 0 Å². The van der Waals surface area contributed by atoms with Gasteiger partial charge in [0.2, 0.25) is 0 Å². The quantitative estimate of drug-likeness (QED) is 0.776. The van der Waals surface area contributed by atoms with Gasteiger partial charge in [0.25, 0.3) is 0 Å². The predicted molar refractivity (Wildman–Crippen MR) is 73.9 cm³/mol. The lowest BCUT2D eigenvalue weighted by Crippen LogP contribution is -2.47. The molecule has 0 unspecified atom stereocenters. The van der Waals surface area contributed by atoms with Gasteiger partial charge >= 0.3 is 12.1 Å². The number of carbonyl (C=O) groups is 2. The van der Waals surface area contributed by atoms with Crippen molar-refractivity contribution < 1.29 is 23.5 Å². The van der Waals surface area contributed by atoms with Crippen LogP contribution in [0.3, 0.4) is 0 Å². The second kappa shape index (κ2) is 5.57. The molecule has 2 aromatic heterocycles. The minimum atomic E-state index is -1.58. The molecule has 0 saturated carbocycles. The summed E-state index contributed by atoms with van der Waals surface area (Å²) in [5.74, 6) is 0.264. The highest BCUT2D eigenvalue weighted by molar-refractivity contribution is 5.94. The van der Waals surface area contributed by atoms with Crippen molar-refractivity contribution in [1.29, 1.82) is 0 Å². The second-order valence-corrected chi connectivity index (χ2v) is 4.89. The lowest BCUT2D eigenvalue weighted by Gasteiger charge is -2.26. The van der Waals surface area contributed by atoms with Crippen molar-refractivity contribution in [2.24, 2.45) is 0 Å². The minimum absolute atomic E-state index is 0.164. The van der Waals surface area contributed by atoms with Crippen LogP contribution in [0.4, 0.5) is 9.59 Å².